The lowest BCUT2D eigenvalue weighted by molar-refractivity contribution is -0.384. The van der Waals surface area contributed by atoms with Crippen LogP contribution < -0.4 is 11.1 Å². The number of nitrogens with two attached hydrogens (primary N) is 1. The van der Waals surface area contributed by atoms with Crippen LogP contribution in [0.3, 0.4) is 0 Å². The number of aromatic nitrogens is 1. The van der Waals surface area contributed by atoms with Crippen molar-refractivity contribution >= 4 is 23.4 Å². The van der Waals surface area contributed by atoms with Gasteiger partial charge in [0.25, 0.3) is 0 Å². The molecule has 22 heavy (non-hydrogen) atoms. The van der Waals surface area contributed by atoms with Crippen molar-refractivity contribution in [3.05, 3.63) is 22.2 Å². The highest BCUT2D eigenvalue weighted by Crippen LogP contribution is 2.21. The SMILES string of the molecule is CC(CN(C(=O)O)C(C)(C)C)Nc1ccc([N+](=O)[O-])c(N)n1. The summed E-state index contributed by atoms with van der Waals surface area (Å²) in [7, 11) is 0. The van der Waals surface area contributed by atoms with Gasteiger partial charge in [-0.05, 0) is 33.8 Å². The predicted octanol–water partition coefficient (Wildman–Crippen LogP) is 2.15. The summed E-state index contributed by atoms with van der Waals surface area (Å²) in [5.74, 6) is 0.169. The molecule has 1 amide bonds. The minimum Gasteiger partial charge on any atom is -0.465 e. The smallest absolute Gasteiger partial charge is 0.407 e. The molecule has 0 radical (unpaired) electrons. The molecule has 122 valence electrons. The molecular formula is C13H21N5O4. The van der Waals surface area contributed by atoms with Crippen molar-refractivity contribution in [3.8, 4) is 0 Å². The number of nitrogen functional groups attached to an aromatic ring is 1. The highest BCUT2D eigenvalue weighted by atomic mass is 16.6. The van der Waals surface area contributed by atoms with Crippen LogP contribution in [0.25, 0.3) is 0 Å². The summed E-state index contributed by atoms with van der Waals surface area (Å²) in [6, 6.07) is 2.45. The van der Waals surface area contributed by atoms with Gasteiger partial charge in [-0.25, -0.2) is 9.78 Å². The Labute approximate surface area is 128 Å². The van der Waals surface area contributed by atoms with E-state index in [0.29, 0.717) is 5.82 Å². The van der Waals surface area contributed by atoms with E-state index < -0.39 is 16.6 Å². The van der Waals surface area contributed by atoms with E-state index in [1.54, 1.807) is 27.7 Å². The Hall–Kier alpha value is -2.58. The molecule has 1 aromatic rings. The largest absolute Gasteiger partial charge is 0.465 e. The first-order chi connectivity index (χ1) is 10.0. The third kappa shape index (κ3) is 4.47. The Kier molecular flexibility index (Phi) is 5.13. The van der Waals surface area contributed by atoms with Gasteiger partial charge in [-0.2, -0.15) is 0 Å². The molecule has 0 saturated carbocycles. The van der Waals surface area contributed by atoms with Crippen molar-refractivity contribution in [1.29, 1.82) is 0 Å². The van der Waals surface area contributed by atoms with Crippen molar-refractivity contribution in [3.63, 3.8) is 0 Å². The fraction of sp³-hybridized carbons (Fsp3) is 0.538. The van der Waals surface area contributed by atoms with Crippen molar-refractivity contribution < 1.29 is 14.8 Å². The lowest BCUT2D eigenvalue weighted by atomic mass is 10.1. The van der Waals surface area contributed by atoms with Gasteiger partial charge in [0.15, 0.2) is 0 Å². The van der Waals surface area contributed by atoms with E-state index in [9.17, 15) is 20.0 Å². The molecule has 0 saturated heterocycles. The maximum absolute atomic E-state index is 11.3. The van der Waals surface area contributed by atoms with E-state index in [0.717, 1.165) is 0 Å². The molecule has 0 aromatic carbocycles. The number of carboxylic acid groups (broad SMARTS) is 1. The van der Waals surface area contributed by atoms with Crippen LogP contribution in [0, 0.1) is 10.1 Å². The molecule has 0 spiro atoms. The summed E-state index contributed by atoms with van der Waals surface area (Å²) in [5.41, 5.74) is 4.72. The number of hydrogen-bond acceptors (Lipinski definition) is 6. The van der Waals surface area contributed by atoms with E-state index in [-0.39, 0.29) is 24.1 Å². The fourth-order valence-corrected chi connectivity index (χ4v) is 1.91. The zero-order valence-corrected chi connectivity index (χ0v) is 13.0. The molecule has 0 aliphatic carbocycles. The number of carbonyl (C=O) groups is 1. The van der Waals surface area contributed by atoms with Crippen LogP contribution in [0.5, 0.6) is 0 Å². The first kappa shape index (κ1) is 17.5. The van der Waals surface area contributed by atoms with Crippen molar-refractivity contribution in [2.75, 3.05) is 17.6 Å². The lowest BCUT2D eigenvalue weighted by Gasteiger charge is -2.35. The molecule has 4 N–H and O–H groups in total. The standard InChI is InChI=1S/C13H21N5O4/c1-8(7-17(12(19)20)13(2,3)4)15-10-6-5-9(18(21)22)11(14)16-10/h5-6,8H,7H2,1-4H3,(H,19,20)(H3,14,15,16). The minimum atomic E-state index is -1.02. The first-order valence-corrected chi connectivity index (χ1v) is 6.70. The van der Waals surface area contributed by atoms with Gasteiger partial charge in [-0.3, -0.25) is 10.1 Å². The predicted molar refractivity (Wildman–Crippen MR) is 82.9 cm³/mol. The molecular weight excluding hydrogens is 290 g/mol. The number of anilines is 2. The molecule has 1 unspecified atom stereocenters. The molecule has 1 aromatic heterocycles. The van der Waals surface area contributed by atoms with E-state index >= 15 is 0 Å². The summed E-state index contributed by atoms with van der Waals surface area (Å²) in [4.78, 5) is 26.6. The van der Waals surface area contributed by atoms with Crippen molar-refractivity contribution in [2.24, 2.45) is 0 Å². The van der Waals surface area contributed by atoms with Gasteiger partial charge in [0, 0.05) is 24.2 Å². The van der Waals surface area contributed by atoms with Gasteiger partial charge in [0.2, 0.25) is 5.82 Å². The monoisotopic (exact) mass is 311 g/mol. The number of nitro groups is 1. The third-order valence-corrected chi connectivity index (χ3v) is 2.99. The molecule has 0 aliphatic heterocycles. The van der Waals surface area contributed by atoms with Gasteiger partial charge < -0.3 is 21.1 Å². The molecule has 0 fully saturated rings. The van der Waals surface area contributed by atoms with E-state index in [4.69, 9.17) is 5.73 Å². The van der Waals surface area contributed by atoms with Crippen LogP contribution in [-0.2, 0) is 0 Å². The maximum Gasteiger partial charge on any atom is 0.407 e. The summed E-state index contributed by atoms with van der Waals surface area (Å²) in [6.07, 6.45) is -1.02. The number of amides is 1. The Morgan fingerprint density at radius 1 is 1.55 bits per heavy atom. The summed E-state index contributed by atoms with van der Waals surface area (Å²) in [5, 5.41) is 22.9. The average Bonchev–Trinajstić information content (AvgIpc) is 2.33. The number of nitrogens with zero attached hydrogens (tertiary/aromatic N) is 3. The highest BCUT2D eigenvalue weighted by molar-refractivity contribution is 5.66. The second-order valence-electron chi connectivity index (χ2n) is 5.97. The number of rotatable bonds is 5. The normalized spacial score (nSPS) is 12.5. The minimum absolute atomic E-state index is 0.187. The van der Waals surface area contributed by atoms with E-state index in [1.165, 1.54) is 17.0 Å². The molecule has 1 atom stereocenters. The van der Waals surface area contributed by atoms with E-state index in [2.05, 4.69) is 10.3 Å². The molecule has 9 heteroatoms. The number of hydrogen-bond donors (Lipinski definition) is 3. The van der Waals surface area contributed by atoms with Gasteiger partial charge in [-0.1, -0.05) is 0 Å². The fourth-order valence-electron chi connectivity index (χ4n) is 1.91. The van der Waals surface area contributed by atoms with Crippen LogP contribution >= 0.6 is 0 Å². The number of pyridine rings is 1. The Balaban J connectivity index is 2.80. The van der Waals surface area contributed by atoms with Crippen LogP contribution in [0.15, 0.2) is 12.1 Å². The van der Waals surface area contributed by atoms with Crippen LogP contribution in [0.2, 0.25) is 0 Å². The Morgan fingerprint density at radius 3 is 2.55 bits per heavy atom. The van der Waals surface area contributed by atoms with Crippen molar-refractivity contribution in [2.45, 2.75) is 39.3 Å². The maximum atomic E-state index is 11.3. The quantitative estimate of drug-likeness (QED) is 0.560. The summed E-state index contributed by atoms with van der Waals surface area (Å²) in [6.45, 7) is 7.43. The van der Waals surface area contributed by atoms with Crippen LogP contribution in [0.4, 0.5) is 22.1 Å². The zero-order chi connectivity index (χ0) is 17.1. The number of nitrogens with one attached hydrogen (secondary N) is 1. The molecule has 1 heterocycles. The second kappa shape index (κ2) is 6.46. The van der Waals surface area contributed by atoms with Gasteiger partial charge in [0.05, 0.1) is 4.92 Å². The average molecular weight is 311 g/mol. The summed E-state index contributed by atoms with van der Waals surface area (Å²) >= 11 is 0. The summed E-state index contributed by atoms with van der Waals surface area (Å²) < 4.78 is 0. The molecule has 0 aliphatic rings. The first-order valence-electron chi connectivity index (χ1n) is 6.70. The third-order valence-electron chi connectivity index (χ3n) is 2.99. The van der Waals surface area contributed by atoms with Gasteiger partial charge >= 0.3 is 11.8 Å². The highest BCUT2D eigenvalue weighted by Gasteiger charge is 2.27. The Bertz CT molecular complexity index is 570. The molecule has 0 bridgehead atoms. The van der Waals surface area contributed by atoms with Crippen molar-refractivity contribution in [1.82, 2.24) is 9.88 Å². The lowest BCUT2D eigenvalue weighted by Crippen LogP contribution is -2.49. The Morgan fingerprint density at radius 2 is 2.14 bits per heavy atom. The zero-order valence-electron chi connectivity index (χ0n) is 13.0. The van der Waals surface area contributed by atoms with Gasteiger partial charge in [0.1, 0.15) is 5.82 Å². The molecule has 9 nitrogen and oxygen atoms in total. The van der Waals surface area contributed by atoms with E-state index in [1.807, 2.05) is 0 Å². The molecule has 1 rings (SSSR count). The van der Waals surface area contributed by atoms with Crippen LogP contribution in [0.1, 0.15) is 27.7 Å². The second-order valence-corrected chi connectivity index (χ2v) is 5.97. The topological polar surface area (TPSA) is 135 Å². The van der Waals surface area contributed by atoms with Crippen LogP contribution in [-0.4, -0.2) is 44.1 Å². The van der Waals surface area contributed by atoms with Gasteiger partial charge in [-0.15, -0.1) is 0 Å².